The molecule has 0 bridgehead atoms. The number of carbonyl (C=O) groups excluding carboxylic acids is 4. The summed E-state index contributed by atoms with van der Waals surface area (Å²) in [6.07, 6.45) is 1.41. The highest BCUT2D eigenvalue weighted by atomic mass is 32.2. The number of nitrogens with zero attached hydrogens (tertiary/aromatic N) is 3. The number of benzene rings is 1. The molecule has 1 aromatic carbocycles. The molecule has 0 radical (unpaired) electrons. The van der Waals surface area contributed by atoms with E-state index in [1.165, 1.54) is 6.26 Å². The first kappa shape index (κ1) is 33.3. The summed E-state index contributed by atoms with van der Waals surface area (Å²) in [6, 6.07) is 10.4. The molecule has 1 atom stereocenters. The molecular formula is C30H33N5O8S2. The van der Waals surface area contributed by atoms with Crippen molar-refractivity contribution >= 4 is 51.9 Å². The number of hydrogen-bond donors (Lipinski definition) is 2. The van der Waals surface area contributed by atoms with E-state index in [0.717, 1.165) is 23.1 Å². The monoisotopic (exact) mass is 655 g/mol. The molecule has 0 saturated carbocycles. The van der Waals surface area contributed by atoms with Crippen molar-refractivity contribution in [3.8, 4) is 11.4 Å². The van der Waals surface area contributed by atoms with E-state index in [1.54, 1.807) is 56.5 Å². The van der Waals surface area contributed by atoms with Crippen LogP contribution >= 0.6 is 23.1 Å². The molecule has 15 heteroatoms. The second-order valence-corrected chi connectivity index (χ2v) is 11.6. The van der Waals surface area contributed by atoms with Crippen LogP contribution < -0.4 is 15.4 Å². The Balaban J connectivity index is 1.59. The Morgan fingerprint density at radius 3 is 2.36 bits per heavy atom. The van der Waals surface area contributed by atoms with Crippen LogP contribution in [0.3, 0.4) is 0 Å². The highest BCUT2D eigenvalue weighted by Crippen LogP contribution is 2.35. The van der Waals surface area contributed by atoms with Crippen LogP contribution in [-0.2, 0) is 20.8 Å². The maximum atomic E-state index is 13.4. The molecule has 2 N–H and O–H groups in total. The maximum Gasteiger partial charge on any atom is 0.348 e. The number of aromatic nitrogens is 3. The lowest BCUT2D eigenvalue weighted by Crippen LogP contribution is -2.25. The molecule has 0 aliphatic carbocycles. The van der Waals surface area contributed by atoms with Crippen molar-refractivity contribution in [2.75, 3.05) is 25.1 Å². The molecule has 0 unspecified atom stereocenters. The number of ether oxygens (including phenoxy) is 3. The van der Waals surface area contributed by atoms with Gasteiger partial charge in [0.1, 0.15) is 15.6 Å². The van der Waals surface area contributed by atoms with Crippen molar-refractivity contribution in [3.63, 3.8) is 0 Å². The van der Waals surface area contributed by atoms with Crippen molar-refractivity contribution in [2.45, 2.75) is 51.6 Å². The van der Waals surface area contributed by atoms with E-state index >= 15 is 0 Å². The summed E-state index contributed by atoms with van der Waals surface area (Å²) in [6.45, 7) is 9.32. The van der Waals surface area contributed by atoms with Crippen molar-refractivity contribution in [2.24, 2.45) is 0 Å². The quantitative estimate of drug-likeness (QED) is 0.138. The third kappa shape index (κ3) is 7.91. The van der Waals surface area contributed by atoms with Gasteiger partial charge in [0.15, 0.2) is 16.7 Å². The van der Waals surface area contributed by atoms with Gasteiger partial charge in [-0.15, -0.1) is 21.5 Å². The minimum atomic E-state index is -0.732. The molecule has 45 heavy (non-hydrogen) atoms. The standard InChI is InChI=1S/C30H33N5O8S2/c1-6-40-20-13-11-19(12-14-20)35-22(16-31-26(37)21-10-9-15-43-21)33-34-30(35)44-18(5)25(36)32-27-23(28(38)41-7-2)17(4)24(45-27)29(39)42-8-3/h9-15,18H,6-8,16H2,1-5H3,(H,31,37)(H,32,36)/t18-/m1/s1. The van der Waals surface area contributed by atoms with Crippen LogP contribution in [0, 0.1) is 6.92 Å². The summed E-state index contributed by atoms with van der Waals surface area (Å²) in [7, 11) is 0. The normalized spacial score (nSPS) is 11.5. The number of rotatable bonds is 14. The minimum absolute atomic E-state index is 0.0227. The first-order chi connectivity index (χ1) is 21.7. The van der Waals surface area contributed by atoms with Crippen LogP contribution in [0.4, 0.5) is 5.00 Å². The van der Waals surface area contributed by atoms with Gasteiger partial charge in [-0.25, -0.2) is 9.59 Å². The number of thioether (sulfide) groups is 1. The fraction of sp³-hybridized carbons (Fsp3) is 0.333. The van der Waals surface area contributed by atoms with Gasteiger partial charge in [-0.1, -0.05) is 11.8 Å². The van der Waals surface area contributed by atoms with Gasteiger partial charge < -0.3 is 29.3 Å². The molecule has 238 valence electrons. The van der Waals surface area contributed by atoms with E-state index in [-0.39, 0.29) is 41.0 Å². The lowest BCUT2D eigenvalue weighted by molar-refractivity contribution is -0.115. The molecular weight excluding hydrogens is 622 g/mol. The number of esters is 2. The van der Waals surface area contributed by atoms with Gasteiger partial charge >= 0.3 is 11.9 Å². The van der Waals surface area contributed by atoms with Crippen molar-refractivity contribution in [1.29, 1.82) is 0 Å². The third-order valence-electron chi connectivity index (χ3n) is 6.23. The lowest BCUT2D eigenvalue weighted by Gasteiger charge is -2.15. The molecule has 0 aliphatic heterocycles. The number of nitrogens with one attached hydrogen (secondary N) is 2. The topological polar surface area (TPSA) is 164 Å². The zero-order valence-corrected chi connectivity index (χ0v) is 27.0. The summed E-state index contributed by atoms with van der Waals surface area (Å²) in [5, 5.41) is 14.0. The minimum Gasteiger partial charge on any atom is -0.494 e. The number of anilines is 1. The highest BCUT2D eigenvalue weighted by Gasteiger charge is 2.29. The molecule has 4 rings (SSSR count). The predicted molar refractivity (Wildman–Crippen MR) is 167 cm³/mol. The molecule has 0 spiro atoms. The van der Waals surface area contributed by atoms with Crippen LogP contribution in [0.1, 0.15) is 69.7 Å². The molecule has 3 heterocycles. The molecule has 2 amide bonds. The van der Waals surface area contributed by atoms with Crippen molar-refractivity contribution < 1.29 is 37.8 Å². The van der Waals surface area contributed by atoms with Gasteiger partial charge in [-0.05, 0) is 76.6 Å². The van der Waals surface area contributed by atoms with Crippen molar-refractivity contribution in [1.82, 2.24) is 20.1 Å². The number of amides is 2. The molecule has 13 nitrogen and oxygen atoms in total. The van der Waals surface area contributed by atoms with Crippen LogP contribution in [0.15, 0.2) is 52.2 Å². The zero-order chi connectivity index (χ0) is 32.5. The number of thiophene rings is 1. The van der Waals surface area contributed by atoms with Crippen LogP contribution in [0.25, 0.3) is 5.69 Å². The predicted octanol–water partition coefficient (Wildman–Crippen LogP) is 5.03. The van der Waals surface area contributed by atoms with E-state index < -0.39 is 29.0 Å². The zero-order valence-electron chi connectivity index (χ0n) is 25.4. The van der Waals surface area contributed by atoms with Gasteiger partial charge in [0.05, 0.1) is 43.4 Å². The fourth-order valence-corrected chi connectivity index (χ4v) is 6.11. The van der Waals surface area contributed by atoms with Crippen LogP contribution in [-0.4, -0.2) is 63.6 Å². The SMILES string of the molecule is CCOC(=O)c1sc(NC(=O)[C@@H](C)Sc2nnc(CNC(=O)c3ccco3)n2-c2ccc(OCC)cc2)c(C(=O)OCC)c1C. The molecule has 0 fully saturated rings. The van der Waals surface area contributed by atoms with E-state index in [2.05, 4.69) is 20.8 Å². The van der Waals surface area contributed by atoms with Crippen LogP contribution in [0.5, 0.6) is 5.75 Å². The summed E-state index contributed by atoms with van der Waals surface area (Å²) in [5.41, 5.74) is 1.14. The highest BCUT2D eigenvalue weighted by molar-refractivity contribution is 8.00. The Kier molecular flexibility index (Phi) is 11.4. The van der Waals surface area contributed by atoms with E-state index in [1.807, 2.05) is 19.1 Å². The second-order valence-electron chi connectivity index (χ2n) is 9.27. The lowest BCUT2D eigenvalue weighted by atomic mass is 10.1. The first-order valence-electron chi connectivity index (χ1n) is 14.1. The Morgan fingerprint density at radius 1 is 1.00 bits per heavy atom. The molecule has 3 aromatic heterocycles. The van der Waals surface area contributed by atoms with Gasteiger partial charge in [0.2, 0.25) is 5.91 Å². The van der Waals surface area contributed by atoms with E-state index in [0.29, 0.717) is 34.6 Å². The van der Waals surface area contributed by atoms with Gasteiger partial charge in [0, 0.05) is 5.69 Å². The van der Waals surface area contributed by atoms with Crippen molar-refractivity contribution in [3.05, 3.63) is 70.3 Å². The summed E-state index contributed by atoms with van der Waals surface area (Å²) in [4.78, 5) is 51.5. The number of hydrogen-bond acceptors (Lipinski definition) is 12. The van der Waals surface area contributed by atoms with Gasteiger partial charge in [-0.2, -0.15) is 0 Å². The second kappa shape index (κ2) is 15.4. The largest absolute Gasteiger partial charge is 0.494 e. The Morgan fingerprint density at radius 2 is 1.71 bits per heavy atom. The molecule has 4 aromatic rings. The maximum absolute atomic E-state index is 13.4. The Bertz CT molecular complexity index is 1650. The summed E-state index contributed by atoms with van der Waals surface area (Å²) in [5.74, 6) is -0.886. The van der Waals surface area contributed by atoms with Gasteiger partial charge in [-0.3, -0.25) is 14.2 Å². The molecule has 0 aliphatic rings. The summed E-state index contributed by atoms with van der Waals surface area (Å²) >= 11 is 2.07. The molecule has 0 saturated heterocycles. The fourth-order valence-electron chi connectivity index (χ4n) is 4.13. The Labute approximate surface area is 267 Å². The van der Waals surface area contributed by atoms with Gasteiger partial charge in [0.25, 0.3) is 5.91 Å². The number of carbonyl (C=O) groups is 4. The smallest absolute Gasteiger partial charge is 0.348 e. The Hall–Kier alpha value is -4.63. The van der Waals surface area contributed by atoms with E-state index in [9.17, 15) is 19.2 Å². The average molecular weight is 656 g/mol. The first-order valence-corrected chi connectivity index (χ1v) is 15.8. The average Bonchev–Trinajstić information content (AvgIpc) is 3.76. The van der Waals surface area contributed by atoms with E-state index in [4.69, 9.17) is 18.6 Å². The third-order valence-corrected chi connectivity index (χ3v) is 8.46. The number of furan rings is 1. The summed E-state index contributed by atoms with van der Waals surface area (Å²) < 4.78 is 22.8. The van der Waals surface area contributed by atoms with Crippen LogP contribution in [0.2, 0.25) is 0 Å².